The fraction of sp³-hybridized carbons (Fsp3) is 0.938. The lowest BCUT2D eigenvalue weighted by Crippen LogP contribution is -1.99. The summed E-state index contributed by atoms with van der Waals surface area (Å²) in [5.41, 5.74) is 0. The van der Waals surface area contributed by atoms with Crippen molar-refractivity contribution in [2.45, 2.75) is 84.0 Å². The van der Waals surface area contributed by atoms with Gasteiger partial charge in [-0.1, -0.05) is 64.7 Å². The van der Waals surface area contributed by atoms with Gasteiger partial charge in [-0.15, -0.1) is 0 Å². The Hall–Kier alpha value is -0.570. The molecular weight excluding hydrogens is 240 g/mol. The molecule has 3 heteroatoms. The van der Waals surface area contributed by atoms with Crippen LogP contribution in [0.1, 0.15) is 84.0 Å². The van der Waals surface area contributed by atoms with E-state index in [1.165, 1.54) is 51.4 Å². The number of unbranched alkanes of at least 4 members (excludes halogenated alkanes) is 9. The first-order chi connectivity index (χ1) is 9.16. The van der Waals surface area contributed by atoms with Gasteiger partial charge in [0, 0.05) is 13.0 Å². The first kappa shape index (κ1) is 18.4. The molecule has 0 radical (unpaired) electrons. The maximum absolute atomic E-state index is 10.3. The molecule has 0 aromatic heterocycles. The Morgan fingerprint density at radius 3 is 1.68 bits per heavy atom. The maximum atomic E-state index is 10.3. The average Bonchev–Trinajstić information content (AvgIpc) is 2.39. The third-order valence-corrected chi connectivity index (χ3v) is 3.65. The second-order valence-corrected chi connectivity index (χ2v) is 5.76. The maximum Gasteiger partial charge on any atom is 0.303 e. The number of carboxylic acid groups (broad SMARTS) is 1. The van der Waals surface area contributed by atoms with Crippen LogP contribution < -0.4 is 0 Å². The Morgan fingerprint density at radius 1 is 0.842 bits per heavy atom. The molecule has 0 rings (SSSR count). The van der Waals surface area contributed by atoms with Crippen LogP contribution in [0.5, 0.6) is 0 Å². The van der Waals surface area contributed by atoms with E-state index in [0.29, 0.717) is 18.9 Å². The number of carboxylic acids is 1. The Bertz CT molecular complexity index is 204. The predicted octanol–water partition coefficient (Wildman–Crippen LogP) is 4.38. The lowest BCUT2D eigenvalue weighted by Gasteiger charge is -2.06. The minimum Gasteiger partial charge on any atom is -0.481 e. The van der Waals surface area contributed by atoms with Crippen LogP contribution in [0.25, 0.3) is 0 Å². The molecule has 0 aliphatic rings. The van der Waals surface area contributed by atoms with Crippen molar-refractivity contribution in [3.63, 3.8) is 0 Å². The number of rotatable bonds is 14. The zero-order chi connectivity index (χ0) is 14.3. The molecule has 3 nitrogen and oxygen atoms in total. The van der Waals surface area contributed by atoms with Crippen LogP contribution in [-0.2, 0) is 4.79 Å². The van der Waals surface area contributed by atoms with Crippen LogP contribution in [0.15, 0.2) is 0 Å². The Morgan fingerprint density at radius 2 is 1.26 bits per heavy atom. The second kappa shape index (κ2) is 13.9. The zero-order valence-corrected chi connectivity index (χ0v) is 12.6. The molecule has 0 heterocycles. The summed E-state index contributed by atoms with van der Waals surface area (Å²) in [5.74, 6) is -0.207. The summed E-state index contributed by atoms with van der Waals surface area (Å²) < 4.78 is 0. The van der Waals surface area contributed by atoms with Gasteiger partial charge in [-0.05, 0) is 18.8 Å². The molecule has 0 aromatic carbocycles. The fourth-order valence-corrected chi connectivity index (χ4v) is 2.27. The summed E-state index contributed by atoms with van der Waals surface area (Å²) in [4.78, 5) is 10.3. The van der Waals surface area contributed by atoms with Crippen LogP contribution in [0, 0.1) is 5.92 Å². The molecule has 114 valence electrons. The number of aliphatic hydroxyl groups excluding tert-OH is 1. The van der Waals surface area contributed by atoms with Crippen molar-refractivity contribution in [3.05, 3.63) is 0 Å². The van der Waals surface area contributed by atoms with Crippen molar-refractivity contribution < 1.29 is 15.0 Å². The Balaban J connectivity index is 3.01. The minimum atomic E-state index is -0.671. The lowest BCUT2D eigenvalue weighted by molar-refractivity contribution is -0.137. The molecule has 0 saturated heterocycles. The normalized spacial score (nSPS) is 12.5. The third-order valence-electron chi connectivity index (χ3n) is 3.65. The molecule has 0 aliphatic heterocycles. The quantitative estimate of drug-likeness (QED) is 0.461. The van der Waals surface area contributed by atoms with E-state index >= 15 is 0 Å². The van der Waals surface area contributed by atoms with E-state index in [-0.39, 0.29) is 0 Å². The van der Waals surface area contributed by atoms with Crippen molar-refractivity contribution in [2.24, 2.45) is 5.92 Å². The molecule has 0 bridgehead atoms. The van der Waals surface area contributed by atoms with Gasteiger partial charge < -0.3 is 10.2 Å². The van der Waals surface area contributed by atoms with Crippen molar-refractivity contribution in [1.29, 1.82) is 0 Å². The number of hydrogen-bond donors (Lipinski definition) is 2. The van der Waals surface area contributed by atoms with E-state index < -0.39 is 5.97 Å². The fourth-order valence-electron chi connectivity index (χ4n) is 2.27. The number of aliphatic carboxylic acids is 1. The summed E-state index contributed by atoms with van der Waals surface area (Å²) in [7, 11) is 0. The van der Waals surface area contributed by atoms with E-state index in [0.717, 1.165) is 19.3 Å². The van der Waals surface area contributed by atoms with Gasteiger partial charge in [0.25, 0.3) is 0 Å². The highest BCUT2D eigenvalue weighted by Gasteiger charge is 1.99. The van der Waals surface area contributed by atoms with Crippen molar-refractivity contribution in [3.8, 4) is 0 Å². The smallest absolute Gasteiger partial charge is 0.303 e. The SMILES string of the molecule is CC(CO)CCCCCCCCCCCCC(=O)O. The molecule has 2 N–H and O–H groups in total. The van der Waals surface area contributed by atoms with Gasteiger partial charge in [0.15, 0.2) is 0 Å². The molecular formula is C16H32O3. The standard InChI is InChI=1S/C16H32O3/c1-15(14-17)12-10-8-6-4-2-3-5-7-9-11-13-16(18)19/h15,17H,2-14H2,1H3,(H,18,19). The third kappa shape index (κ3) is 15.4. The molecule has 0 aliphatic carbocycles. The molecule has 0 amide bonds. The van der Waals surface area contributed by atoms with Crippen LogP contribution in [0.2, 0.25) is 0 Å². The largest absolute Gasteiger partial charge is 0.481 e. The number of carbonyl (C=O) groups is 1. The second-order valence-electron chi connectivity index (χ2n) is 5.76. The number of aliphatic hydroxyl groups is 1. The van der Waals surface area contributed by atoms with Crippen molar-refractivity contribution >= 4 is 5.97 Å². The summed E-state index contributed by atoms with van der Waals surface area (Å²) in [6.45, 7) is 2.42. The van der Waals surface area contributed by atoms with Crippen LogP contribution >= 0.6 is 0 Å². The monoisotopic (exact) mass is 272 g/mol. The predicted molar refractivity (Wildman–Crippen MR) is 79.3 cm³/mol. The first-order valence-corrected chi connectivity index (χ1v) is 7.99. The summed E-state index contributed by atoms with van der Waals surface area (Å²) in [5, 5.41) is 17.4. The summed E-state index contributed by atoms with van der Waals surface area (Å²) >= 11 is 0. The van der Waals surface area contributed by atoms with E-state index in [9.17, 15) is 4.79 Å². The zero-order valence-electron chi connectivity index (χ0n) is 12.6. The lowest BCUT2D eigenvalue weighted by atomic mass is 10.0. The Labute approximate surface area is 118 Å². The van der Waals surface area contributed by atoms with Crippen molar-refractivity contribution in [2.75, 3.05) is 6.61 Å². The summed E-state index contributed by atoms with van der Waals surface area (Å²) in [6, 6.07) is 0. The molecule has 0 spiro atoms. The van der Waals surface area contributed by atoms with Gasteiger partial charge in [-0.2, -0.15) is 0 Å². The van der Waals surface area contributed by atoms with Gasteiger partial charge in [0.2, 0.25) is 0 Å². The van der Waals surface area contributed by atoms with Gasteiger partial charge >= 0.3 is 5.97 Å². The first-order valence-electron chi connectivity index (χ1n) is 7.99. The molecule has 19 heavy (non-hydrogen) atoms. The number of hydrogen-bond acceptors (Lipinski definition) is 2. The molecule has 0 fully saturated rings. The highest BCUT2D eigenvalue weighted by atomic mass is 16.4. The van der Waals surface area contributed by atoms with Crippen LogP contribution in [-0.4, -0.2) is 22.8 Å². The van der Waals surface area contributed by atoms with Gasteiger partial charge in [-0.3, -0.25) is 4.79 Å². The van der Waals surface area contributed by atoms with E-state index in [1.807, 2.05) is 0 Å². The highest BCUT2D eigenvalue weighted by Crippen LogP contribution is 2.13. The van der Waals surface area contributed by atoms with Gasteiger partial charge in [0.05, 0.1) is 0 Å². The van der Waals surface area contributed by atoms with Gasteiger partial charge in [-0.25, -0.2) is 0 Å². The van der Waals surface area contributed by atoms with Gasteiger partial charge in [0.1, 0.15) is 0 Å². The van der Waals surface area contributed by atoms with Crippen molar-refractivity contribution in [1.82, 2.24) is 0 Å². The topological polar surface area (TPSA) is 57.5 Å². The molecule has 0 aromatic rings. The van der Waals surface area contributed by atoms with E-state index in [4.69, 9.17) is 10.2 Å². The van der Waals surface area contributed by atoms with Crippen LogP contribution in [0.3, 0.4) is 0 Å². The molecule has 0 saturated carbocycles. The average molecular weight is 272 g/mol. The van der Waals surface area contributed by atoms with E-state index in [2.05, 4.69) is 6.92 Å². The minimum absolute atomic E-state index is 0.321. The molecule has 1 atom stereocenters. The molecule has 1 unspecified atom stereocenters. The Kier molecular flexibility index (Phi) is 13.4. The highest BCUT2D eigenvalue weighted by molar-refractivity contribution is 5.66. The summed E-state index contributed by atoms with van der Waals surface area (Å²) in [6.07, 6.45) is 13.6. The van der Waals surface area contributed by atoms with Crippen LogP contribution in [0.4, 0.5) is 0 Å². The van der Waals surface area contributed by atoms with E-state index in [1.54, 1.807) is 0 Å².